The van der Waals surface area contributed by atoms with Crippen molar-refractivity contribution >= 4 is 46.0 Å². The van der Waals surface area contributed by atoms with E-state index < -0.39 is 0 Å². The summed E-state index contributed by atoms with van der Waals surface area (Å²) in [7, 11) is 1.65. The van der Waals surface area contributed by atoms with Gasteiger partial charge in [-0.2, -0.15) is 0 Å². The number of nitrogens with one attached hydrogen (secondary N) is 2. The normalized spacial score (nSPS) is 19.0. The molecule has 0 radical (unpaired) electrons. The number of hydrogen-bond donors (Lipinski definition) is 2. The van der Waals surface area contributed by atoms with Gasteiger partial charge in [0.05, 0.1) is 12.6 Å². The molecule has 0 bridgehead atoms. The Balaban J connectivity index is 1.84. The molecule has 4 rings (SSSR count). The van der Waals surface area contributed by atoms with Crippen LogP contribution in [0, 0.1) is 0 Å². The summed E-state index contributed by atoms with van der Waals surface area (Å²) in [5.74, 6) is 1.47. The number of aromatic nitrogens is 1. The van der Waals surface area contributed by atoms with Crippen molar-refractivity contribution in [3.63, 3.8) is 0 Å². The minimum atomic E-state index is -0.217. The molecule has 2 aliphatic rings. The molecule has 0 spiro atoms. The number of rotatable bonds is 3. The van der Waals surface area contributed by atoms with E-state index in [4.69, 9.17) is 21.9 Å². The Morgan fingerprint density at radius 1 is 1.19 bits per heavy atom. The average molecular weight is 368 g/mol. The molecule has 2 saturated heterocycles. The number of amides is 1. The van der Waals surface area contributed by atoms with Crippen molar-refractivity contribution in [2.24, 2.45) is 0 Å². The van der Waals surface area contributed by atoms with Crippen LogP contribution in [0.1, 0.15) is 24.8 Å². The first-order chi connectivity index (χ1) is 12.6. The average Bonchev–Trinajstić information content (AvgIpc) is 2.98. The lowest BCUT2D eigenvalue weighted by atomic mass is 10.1. The van der Waals surface area contributed by atoms with E-state index in [9.17, 15) is 4.79 Å². The summed E-state index contributed by atoms with van der Waals surface area (Å²) in [4.78, 5) is 19.2. The lowest BCUT2D eigenvalue weighted by Gasteiger charge is -2.29. The van der Waals surface area contributed by atoms with Crippen LogP contribution in [0.4, 0.5) is 5.82 Å². The number of piperidine rings is 1. The van der Waals surface area contributed by atoms with Gasteiger partial charge < -0.3 is 15.0 Å². The largest absolute Gasteiger partial charge is 0.497 e. The number of thiocarbonyl (C=S) groups is 1. The van der Waals surface area contributed by atoms with E-state index in [1.54, 1.807) is 7.11 Å². The van der Waals surface area contributed by atoms with Crippen LogP contribution in [0.2, 0.25) is 0 Å². The molecule has 2 N–H and O–H groups in total. The molecule has 26 heavy (non-hydrogen) atoms. The molecule has 3 heterocycles. The van der Waals surface area contributed by atoms with Crippen LogP contribution in [-0.2, 0) is 4.79 Å². The second kappa shape index (κ2) is 6.92. The van der Waals surface area contributed by atoms with Crippen molar-refractivity contribution in [3.8, 4) is 5.75 Å². The van der Waals surface area contributed by atoms with Gasteiger partial charge in [0.25, 0.3) is 5.91 Å². The summed E-state index contributed by atoms with van der Waals surface area (Å²) in [6.07, 6.45) is 5.38. The zero-order chi connectivity index (χ0) is 18.1. The minimum absolute atomic E-state index is 0.217. The lowest BCUT2D eigenvalue weighted by molar-refractivity contribution is -0.115. The zero-order valence-electron chi connectivity index (χ0n) is 14.5. The molecule has 2 fully saturated rings. The second-order valence-corrected chi connectivity index (χ2v) is 6.88. The van der Waals surface area contributed by atoms with Crippen molar-refractivity contribution in [1.29, 1.82) is 0 Å². The maximum Gasteiger partial charge on any atom is 0.273 e. The van der Waals surface area contributed by atoms with E-state index in [0.29, 0.717) is 10.8 Å². The molecule has 6 nitrogen and oxygen atoms in total. The van der Waals surface area contributed by atoms with Gasteiger partial charge in [0.2, 0.25) is 0 Å². The third-order valence-electron chi connectivity index (χ3n) is 4.71. The van der Waals surface area contributed by atoms with Gasteiger partial charge in [-0.3, -0.25) is 10.1 Å². The van der Waals surface area contributed by atoms with Crippen LogP contribution in [0.5, 0.6) is 5.75 Å². The summed E-state index contributed by atoms with van der Waals surface area (Å²) in [6.45, 7) is 1.95. The van der Waals surface area contributed by atoms with Gasteiger partial charge in [0, 0.05) is 24.0 Å². The molecule has 134 valence electrons. The number of pyridine rings is 1. The first-order valence-corrected chi connectivity index (χ1v) is 9.12. The van der Waals surface area contributed by atoms with Crippen LogP contribution in [0.25, 0.3) is 17.0 Å². The van der Waals surface area contributed by atoms with Gasteiger partial charge in [-0.25, -0.2) is 4.98 Å². The maximum atomic E-state index is 12.1. The van der Waals surface area contributed by atoms with Crippen molar-refractivity contribution in [2.75, 3.05) is 25.1 Å². The molecule has 0 saturated carbocycles. The lowest BCUT2D eigenvalue weighted by Crippen LogP contribution is -2.30. The van der Waals surface area contributed by atoms with Gasteiger partial charge in [0.1, 0.15) is 17.3 Å². The Kier molecular flexibility index (Phi) is 4.46. The van der Waals surface area contributed by atoms with Crippen LogP contribution in [-0.4, -0.2) is 36.2 Å². The third-order valence-corrected chi connectivity index (χ3v) is 4.91. The molecule has 0 atom stereocenters. The Morgan fingerprint density at radius 2 is 2.00 bits per heavy atom. The van der Waals surface area contributed by atoms with Crippen molar-refractivity contribution in [1.82, 2.24) is 15.6 Å². The topological polar surface area (TPSA) is 66.5 Å². The number of carbonyl (C=O) groups excluding carboxylic acids is 1. The van der Waals surface area contributed by atoms with Gasteiger partial charge >= 0.3 is 0 Å². The highest BCUT2D eigenvalue weighted by molar-refractivity contribution is 7.80. The maximum absolute atomic E-state index is 12.1. The molecule has 2 aliphatic heterocycles. The fourth-order valence-electron chi connectivity index (χ4n) is 3.39. The number of hydrogen-bond acceptors (Lipinski definition) is 5. The molecule has 1 amide bonds. The van der Waals surface area contributed by atoms with Gasteiger partial charge in [0.15, 0.2) is 5.11 Å². The Labute approximate surface area is 157 Å². The summed E-state index contributed by atoms with van der Waals surface area (Å²) >= 11 is 5.03. The highest BCUT2D eigenvalue weighted by atomic mass is 32.1. The number of ether oxygens (including phenoxy) is 1. The smallest absolute Gasteiger partial charge is 0.273 e. The summed E-state index contributed by atoms with van der Waals surface area (Å²) in [5.41, 5.74) is 2.25. The predicted octanol–water partition coefficient (Wildman–Crippen LogP) is 2.58. The van der Waals surface area contributed by atoms with Crippen molar-refractivity contribution < 1.29 is 9.53 Å². The van der Waals surface area contributed by atoms with E-state index in [1.165, 1.54) is 6.42 Å². The standard InChI is InChI=1S/C19H20N4O2S/c1-25-14-5-6-15-12(10-14)9-13(11-16-18(24)22-19(26)21-16)17(20-15)23-7-3-2-4-8-23/h5-6,9-11H,2-4,7-8H2,1H3,(H2,21,22,24,26). The van der Waals surface area contributed by atoms with E-state index >= 15 is 0 Å². The molecule has 1 aromatic heterocycles. The first kappa shape index (κ1) is 16.8. The van der Waals surface area contributed by atoms with Gasteiger partial charge in [-0.15, -0.1) is 0 Å². The molecule has 1 aromatic carbocycles. The first-order valence-electron chi connectivity index (χ1n) is 8.72. The fraction of sp³-hybridized carbons (Fsp3) is 0.316. The minimum Gasteiger partial charge on any atom is -0.497 e. The molecule has 2 aromatic rings. The molecule has 0 unspecified atom stereocenters. The fourth-order valence-corrected chi connectivity index (χ4v) is 3.59. The van der Waals surface area contributed by atoms with Crippen LogP contribution in [0.15, 0.2) is 30.0 Å². The summed E-state index contributed by atoms with van der Waals surface area (Å²) in [6, 6.07) is 7.89. The SMILES string of the molecule is COc1ccc2nc(N3CCCCC3)c(C=C3NC(=S)NC3=O)cc2c1. The summed E-state index contributed by atoms with van der Waals surface area (Å²) < 4.78 is 5.33. The molecule has 0 aliphatic carbocycles. The third kappa shape index (κ3) is 3.22. The number of carbonyl (C=O) groups is 1. The Morgan fingerprint density at radius 3 is 2.69 bits per heavy atom. The Bertz CT molecular complexity index is 919. The monoisotopic (exact) mass is 368 g/mol. The predicted molar refractivity (Wildman–Crippen MR) is 106 cm³/mol. The molecular formula is C19H20N4O2S. The van der Waals surface area contributed by atoms with E-state index in [1.807, 2.05) is 24.3 Å². The second-order valence-electron chi connectivity index (χ2n) is 6.47. The molecular weight excluding hydrogens is 348 g/mol. The number of nitrogens with zero attached hydrogens (tertiary/aromatic N) is 2. The van der Waals surface area contributed by atoms with Crippen molar-refractivity contribution in [2.45, 2.75) is 19.3 Å². The van der Waals surface area contributed by atoms with Crippen LogP contribution < -0.4 is 20.3 Å². The van der Waals surface area contributed by atoms with E-state index in [0.717, 1.165) is 54.0 Å². The quantitative estimate of drug-likeness (QED) is 0.641. The number of fused-ring (bicyclic) bond motifs is 1. The highest BCUT2D eigenvalue weighted by Gasteiger charge is 2.22. The van der Waals surface area contributed by atoms with Gasteiger partial charge in [-0.1, -0.05) is 0 Å². The van der Waals surface area contributed by atoms with Crippen LogP contribution in [0.3, 0.4) is 0 Å². The van der Waals surface area contributed by atoms with Gasteiger partial charge in [-0.05, 0) is 61.8 Å². The number of anilines is 1. The zero-order valence-corrected chi connectivity index (χ0v) is 15.4. The number of benzene rings is 1. The Hall–Kier alpha value is -2.67. The summed E-state index contributed by atoms with van der Waals surface area (Å²) in [5, 5.41) is 6.81. The van der Waals surface area contributed by atoms with Crippen LogP contribution >= 0.6 is 12.2 Å². The highest BCUT2D eigenvalue weighted by Crippen LogP contribution is 2.29. The molecule has 7 heteroatoms. The van der Waals surface area contributed by atoms with Crippen molar-refractivity contribution in [3.05, 3.63) is 35.5 Å². The number of methoxy groups -OCH3 is 1. The van der Waals surface area contributed by atoms with E-state index in [2.05, 4.69) is 21.6 Å². The van der Waals surface area contributed by atoms with E-state index in [-0.39, 0.29) is 5.91 Å².